The summed E-state index contributed by atoms with van der Waals surface area (Å²) in [5, 5.41) is 3.56. The summed E-state index contributed by atoms with van der Waals surface area (Å²) >= 11 is 0. The molecule has 0 amide bonds. The van der Waals surface area contributed by atoms with Crippen LogP contribution in [0.25, 0.3) is 0 Å². The highest BCUT2D eigenvalue weighted by molar-refractivity contribution is 5.31. The fraction of sp³-hybridized carbons (Fsp3) is 0.368. The van der Waals surface area contributed by atoms with E-state index in [0.717, 1.165) is 32.5 Å². The lowest BCUT2D eigenvalue weighted by atomic mass is 9.97. The van der Waals surface area contributed by atoms with Crippen LogP contribution in [0.1, 0.15) is 35.3 Å². The van der Waals surface area contributed by atoms with Crippen molar-refractivity contribution in [2.45, 2.75) is 32.4 Å². The van der Waals surface area contributed by atoms with Crippen LogP contribution >= 0.6 is 0 Å². The standard InChI is InChI=1S/C19H23NO/c1-2-15-7-3-4-9-17(15)13-20-14-19-18-10-6-5-8-16(18)11-12-21-19/h3-10,19-20H,2,11-14H2,1H3. The van der Waals surface area contributed by atoms with Crippen molar-refractivity contribution in [2.75, 3.05) is 13.2 Å². The van der Waals surface area contributed by atoms with Crippen LogP contribution in [0.15, 0.2) is 48.5 Å². The van der Waals surface area contributed by atoms with Crippen LogP contribution in [0.2, 0.25) is 0 Å². The Kier molecular flexibility index (Phi) is 4.69. The van der Waals surface area contributed by atoms with Crippen molar-refractivity contribution in [3.63, 3.8) is 0 Å². The number of ether oxygens (including phenoxy) is 1. The Hall–Kier alpha value is -1.64. The number of benzene rings is 2. The van der Waals surface area contributed by atoms with E-state index in [4.69, 9.17) is 4.74 Å². The minimum atomic E-state index is 0.184. The molecule has 2 aromatic rings. The quantitative estimate of drug-likeness (QED) is 0.903. The van der Waals surface area contributed by atoms with Crippen molar-refractivity contribution in [1.29, 1.82) is 0 Å². The molecule has 1 aliphatic rings. The Morgan fingerprint density at radius 1 is 1.05 bits per heavy atom. The maximum absolute atomic E-state index is 5.94. The highest BCUT2D eigenvalue weighted by Crippen LogP contribution is 2.26. The van der Waals surface area contributed by atoms with Gasteiger partial charge in [0, 0.05) is 13.1 Å². The summed E-state index contributed by atoms with van der Waals surface area (Å²) in [5.41, 5.74) is 5.60. The summed E-state index contributed by atoms with van der Waals surface area (Å²) in [6.07, 6.45) is 2.30. The molecular weight excluding hydrogens is 258 g/mol. The Morgan fingerprint density at radius 2 is 1.81 bits per heavy atom. The van der Waals surface area contributed by atoms with Gasteiger partial charge < -0.3 is 10.1 Å². The predicted octanol–water partition coefficient (Wildman–Crippen LogP) is 3.65. The highest BCUT2D eigenvalue weighted by atomic mass is 16.5. The molecule has 0 bridgehead atoms. The van der Waals surface area contributed by atoms with Crippen LogP contribution in [0.5, 0.6) is 0 Å². The second-order valence-electron chi connectivity index (χ2n) is 5.56. The van der Waals surface area contributed by atoms with Crippen molar-refractivity contribution < 1.29 is 4.74 Å². The number of hydrogen-bond donors (Lipinski definition) is 1. The van der Waals surface area contributed by atoms with E-state index in [1.807, 2.05) is 0 Å². The van der Waals surface area contributed by atoms with Gasteiger partial charge >= 0.3 is 0 Å². The van der Waals surface area contributed by atoms with E-state index in [9.17, 15) is 0 Å². The van der Waals surface area contributed by atoms with Crippen molar-refractivity contribution in [3.8, 4) is 0 Å². The molecule has 21 heavy (non-hydrogen) atoms. The zero-order chi connectivity index (χ0) is 14.5. The zero-order valence-electron chi connectivity index (χ0n) is 12.6. The van der Waals surface area contributed by atoms with Gasteiger partial charge in [0.15, 0.2) is 0 Å². The topological polar surface area (TPSA) is 21.3 Å². The molecule has 0 saturated carbocycles. The molecule has 1 unspecified atom stereocenters. The third-order valence-corrected chi connectivity index (χ3v) is 4.24. The maximum atomic E-state index is 5.94. The normalized spacial score (nSPS) is 17.5. The number of fused-ring (bicyclic) bond motifs is 1. The molecule has 1 atom stereocenters. The lowest BCUT2D eigenvalue weighted by molar-refractivity contribution is 0.0423. The molecule has 0 aliphatic carbocycles. The lowest BCUT2D eigenvalue weighted by Gasteiger charge is -2.26. The summed E-state index contributed by atoms with van der Waals surface area (Å²) in [6.45, 7) is 4.81. The molecule has 0 radical (unpaired) electrons. The van der Waals surface area contributed by atoms with Gasteiger partial charge in [-0.15, -0.1) is 0 Å². The summed E-state index contributed by atoms with van der Waals surface area (Å²) in [6, 6.07) is 17.3. The van der Waals surface area contributed by atoms with Gasteiger partial charge in [-0.3, -0.25) is 0 Å². The molecule has 1 aliphatic heterocycles. The van der Waals surface area contributed by atoms with Gasteiger partial charge in [-0.1, -0.05) is 55.5 Å². The van der Waals surface area contributed by atoms with Crippen molar-refractivity contribution in [3.05, 3.63) is 70.8 Å². The Labute approximate surface area is 127 Å². The van der Waals surface area contributed by atoms with Crippen LogP contribution in [-0.2, 0) is 24.1 Å². The van der Waals surface area contributed by atoms with Gasteiger partial charge in [-0.25, -0.2) is 0 Å². The van der Waals surface area contributed by atoms with E-state index in [-0.39, 0.29) is 6.10 Å². The second kappa shape index (κ2) is 6.88. The Morgan fingerprint density at radius 3 is 2.67 bits per heavy atom. The summed E-state index contributed by atoms with van der Waals surface area (Å²) < 4.78 is 5.94. The first-order valence-corrected chi connectivity index (χ1v) is 7.85. The Balaban J connectivity index is 1.61. The van der Waals surface area contributed by atoms with Gasteiger partial charge in [-0.2, -0.15) is 0 Å². The average Bonchev–Trinajstić information content (AvgIpc) is 2.55. The van der Waals surface area contributed by atoms with Crippen LogP contribution in [0.3, 0.4) is 0 Å². The van der Waals surface area contributed by atoms with Crippen LogP contribution < -0.4 is 5.32 Å². The van der Waals surface area contributed by atoms with Gasteiger partial charge in [0.2, 0.25) is 0 Å². The van der Waals surface area contributed by atoms with Crippen LogP contribution in [0.4, 0.5) is 0 Å². The first kappa shape index (κ1) is 14.3. The van der Waals surface area contributed by atoms with Crippen LogP contribution in [0, 0.1) is 0 Å². The van der Waals surface area contributed by atoms with Crippen molar-refractivity contribution in [1.82, 2.24) is 5.32 Å². The fourth-order valence-corrected chi connectivity index (χ4v) is 3.06. The predicted molar refractivity (Wildman–Crippen MR) is 86.4 cm³/mol. The molecule has 2 nitrogen and oxygen atoms in total. The Bertz CT molecular complexity index is 594. The molecule has 1 heterocycles. The van der Waals surface area contributed by atoms with E-state index in [1.54, 1.807) is 0 Å². The molecule has 0 saturated heterocycles. The number of rotatable bonds is 5. The second-order valence-corrected chi connectivity index (χ2v) is 5.56. The molecule has 2 aromatic carbocycles. The summed E-state index contributed by atoms with van der Waals surface area (Å²) in [5.74, 6) is 0. The van der Waals surface area contributed by atoms with E-state index in [0.29, 0.717) is 0 Å². The molecule has 1 N–H and O–H groups in total. The van der Waals surface area contributed by atoms with Gasteiger partial charge in [-0.05, 0) is 35.1 Å². The smallest absolute Gasteiger partial charge is 0.0952 e. The molecule has 2 heteroatoms. The first-order valence-electron chi connectivity index (χ1n) is 7.85. The van der Waals surface area contributed by atoms with Gasteiger partial charge in [0.1, 0.15) is 0 Å². The molecule has 0 aromatic heterocycles. The van der Waals surface area contributed by atoms with Crippen LogP contribution in [-0.4, -0.2) is 13.2 Å². The third-order valence-electron chi connectivity index (χ3n) is 4.24. The zero-order valence-corrected chi connectivity index (χ0v) is 12.6. The molecule has 110 valence electrons. The highest BCUT2D eigenvalue weighted by Gasteiger charge is 2.19. The number of hydrogen-bond acceptors (Lipinski definition) is 2. The third kappa shape index (κ3) is 3.34. The molecular formula is C19H23NO. The fourth-order valence-electron chi connectivity index (χ4n) is 3.06. The van der Waals surface area contributed by atoms with E-state index >= 15 is 0 Å². The van der Waals surface area contributed by atoms with Crippen molar-refractivity contribution >= 4 is 0 Å². The van der Waals surface area contributed by atoms with Gasteiger partial charge in [0.05, 0.1) is 12.7 Å². The first-order chi connectivity index (χ1) is 10.4. The average molecular weight is 281 g/mol. The van der Waals surface area contributed by atoms with E-state index < -0.39 is 0 Å². The SMILES string of the molecule is CCc1ccccc1CNCC1OCCc2ccccc21. The molecule has 3 rings (SSSR count). The summed E-state index contributed by atoms with van der Waals surface area (Å²) in [7, 11) is 0. The van der Waals surface area contributed by atoms with E-state index in [1.165, 1.54) is 22.3 Å². The molecule has 0 spiro atoms. The number of nitrogens with one attached hydrogen (secondary N) is 1. The van der Waals surface area contributed by atoms with E-state index in [2.05, 4.69) is 60.8 Å². The maximum Gasteiger partial charge on any atom is 0.0952 e. The number of aryl methyl sites for hydroxylation is 1. The minimum absolute atomic E-state index is 0.184. The van der Waals surface area contributed by atoms with Gasteiger partial charge in [0.25, 0.3) is 0 Å². The lowest BCUT2D eigenvalue weighted by Crippen LogP contribution is -2.27. The minimum Gasteiger partial charge on any atom is -0.372 e. The largest absolute Gasteiger partial charge is 0.372 e. The molecule has 0 fully saturated rings. The monoisotopic (exact) mass is 281 g/mol. The van der Waals surface area contributed by atoms with Crippen molar-refractivity contribution in [2.24, 2.45) is 0 Å². The summed E-state index contributed by atoms with van der Waals surface area (Å²) in [4.78, 5) is 0.